The lowest BCUT2D eigenvalue weighted by atomic mass is 10.2. The average molecular weight is 334 g/mol. The maximum Gasteiger partial charge on any atom is 0.339 e. The van der Waals surface area contributed by atoms with Gasteiger partial charge in [0, 0.05) is 10.7 Å². The number of hydrogen-bond acceptors (Lipinski definition) is 4. The molecular formula is C17H16ClNO4. The molecule has 0 aliphatic carbocycles. The Balaban J connectivity index is 1.98. The van der Waals surface area contributed by atoms with E-state index in [1.807, 2.05) is 0 Å². The third kappa shape index (κ3) is 4.72. The van der Waals surface area contributed by atoms with Gasteiger partial charge in [0.05, 0.1) is 12.7 Å². The fourth-order valence-electron chi connectivity index (χ4n) is 1.84. The minimum Gasteiger partial charge on any atom is -0.497 e. The SMILES string of the molecule is COc1cccc(C(=O)O[C@@H](C)C(=O)Nc2cccc(Cl)c2)c1. The normalized spacial score (nSPS) is 11.4. The molecule has 0 aliphatic heterocycles. The Kier molecular flexibility index (Phi) is 5.60. The summed E-state index contributed by atoms with van der Waals surface area (Å²) in [6.45, 7) is 1.50. The highest BCUT2D eigenvalue weighted by Crippen LogP contribution is 2.16. The summed E-state index contributed by atoms with van der Waals surface area (Å²) < 4.78 is 10.2. The first-order chi connectivity index (χ1) is 11.0. The molecule has 0 radical (unpaired) electrons. The van der Waals surface area contributed by atoms with Gasteiger partial charge in [-0.05, 0) is 43.3 Å². The highest BCUT2D eigenvalue weighted by molar-refractivity contribution is 6.30. The maximum atomic E-state index is 12.1. The first-order valence-corrected chi connectivity index (χ1v) is 7.29. The molecule has 2 aromatic carbocycles. The lowest BCUT2D eigenvalue weighted by Gasteiger charge is -2.14. The van der Waals surface area contributed by atoms with Crippen molar-refractivity contribution in [2.24, 2.45) is 0 Å². The summed E-state index contributed by atoms with van der Waals surface area (Å²) in [5.41, 5.74) is 0.846. The molecule has 0 saturated carbocycles. The summed E-state index contributed by atoms with van der Waals surface area (Å²) >= 11 is 5.85. The van der Waals surface area contributed by atoms with E-state index in [0.717, 1.165) is 0 Å². The number of carbonyl (C=O) groups excluding carboxylic acids is 2. The number of anilines is 1. The Morgan fingerprint density at radius 1 is 1.13 bits per heavy atom. The van der Waals surface area contributed by atoms with Gasteiger partial charge < -0.3 is 14.8 Å². The minimum atomic E-state index is -0.951. The molecule has 0 aliphatic rings. The Morgan fingerprint density at radius 2 is 1.87 bits per heavy atom. The quantitative estimate of drug-likeness (QED) is 0.850. The lowest BCUT2D eigenvalue weighted by Crippen LogP contribution is -2.30. The van der Waals surface area contributed by atoms with Crippen LogP contribution in [0.2, 0.25) is 5.02 Å². The Labute approximate surface area is 139 Å². The Morgan fingerprint density at radius 3 is 2.57 bits per heavy atom. The van der Waals surface area contributed by atoms with Crippen LogP contribution in [-0.4, -0.2) is 25.1 Å². The van der Waals surface area contributed by atoms with Crippen molar-refractivity contribution in [2.45, 2.75) is 13.0 Å². The van der Waals surface area contributed by atoms with Crippen LogP contribution in [-0.2, 0) is 9.53 Å². The number of esters is 1. The number of halogens is 1. The van der Waals surface area contributed by atoms with Crippen molar-refractivity contribution in [3.63, 3.8) is 0 Å². The number of carbonyl (C=O) groups is 2. The molecule has 0 saturated heterocycles. The Hall–Kier alpha value is -2.53. The van der Waals surface area contributed by atoms with Gasteiger partial charge in [-0.1, -0.05) is 23.7 Å². The van der Waals surface area contributed by atoms with Crippen LogP contribution in [0.3, 0.4) is 0 Å². The number of ether oxygens (including phenoxy) is 2. The Bertz CT molecular complexity index is 717. The number of nitrogens with one attached hydrogen (secondary N) is 1. The zero-order valence-corrected chi connectivity index (χ0v) is 13.5. The highest BCUT2D eigenvalue weighted by Gasteiger charge is 2.19. The van der Waals surface area contributed by atoms with Crippen LogP contribution in [0.15, 0.2) is 48.5 Å². The first-order valence-electron chi connectivity index (χ1n) is 6.91. The second-order valence-electron chi connectivity index (χ2n) is 4.78. The van der Waals surface area contributed by atoms with Crippen LogP contribution in [0.1, 0.15) is 17.3 Å². The fourth-order valence-corrected chi connectivity index (χ4v) is 2.03. The fraction of sp³-hybridized carbons (Fsp3) is 0.176. The largest absolute Gasteiger partial charge is 0.497 e. The van der Waals surface area contributed by atoms with Gasteiger partial charge in [0.15, 0.2) is 6.10 Å². The van der Waals surface area contributed by atoms with E-state index in [1.54, 1.807) is 48.5 Å². The molecule has 0 bridgehead atoms. The molecule has 2 rings (SSSR count). The average Bonchev–Trinajstić information content (AvgIpc) is 2.54. The van der Waals surface area contributed by atoms with Crippen LogP contribution < -0.4 is 10.1 Å². The van der Waals surface area contributed by atoms with Crippen molar-refractivity contribution >= 4 is 29.2 Å². The van der Waals surface area contributed by atoms with Gasteiger partial charge in [-0.25, -0.2) is 4.79 Å². The van der Waals surface area contributed by atoms with Gasteiger partial charge in [-0.3, -0.25) is 4.79 Å². The summed E-state index contributed by atoms with van der Waals surface area (Å²) in [4.78, 5) is 24.1. The number of methoxy groups -OCH3 is 1. The topological polar surface area (TPSA) is 64.6 Å². The molecule has 120 valence electrons. The molecule has 1 atom stereocenters. The van der Waals surface area contributed by atoms with Crippen LogP contribution >= 0.6 is 11.6 Å². The first kappa shape index (κ1) is 16.8. The molecule has 23 heavy (non-hydrogen) atoms. The molecule has 0 fully saturated rings. The summed E-state index contributed by atoms with van der Waals surface area (Å²) in [7, 11) is 1.51. The predicted molar refractivity (Wildman–Crippen MR) is 88.0 cm³/mol. The van der Waals surface area contributed by atoms with Gasteiger partial charge in [0.1, 0.15) is 5.75 Å². The van der Waals surface area contributed by atoms with Crippen LogP contribution in [0.25, 0.3) is 0 Å². The highest BCUT2D eigenvalue weighted by atomic mass is 35.5. The van der Waals surface area contributed by atoms with Crippen molar-refractivity contribution in [1.82, 2.24) is 0 Å². The van der Waals surface area contributed by atoms with Gasteiger partial charge in [-0.2, -0.15) is 0 Å². The van der Waals surface area contributed by atoms with Crippen molar-refractivity contribution < 1.29 is 19.1 Å². The van der Waals surface area contributed by atoms with E-state index in [2.05, 4.69) is 5.32 Å². The third-order valence-corrected chi connectivity index (χ3v) is 3.29. The molecule has 1 N–H and O–H groups in total. The van der Waals surface area contributed by atoms with Gasteiger partial charge in [0.2, 0.25) is 0 Å². The van der Waals surface area contributed by atoms with Crippen LogP contribution in [0, 0.1) is 0 Å². The van der Waals surface area contributed by atoms with Crippen molar-refractivity contribution in [2.75, 3.05) is 12.4 Å². The van der Waals surface area contributed by atoms with E-state index in [0.29, 0.717) is 22.0 Å². The molecule has 0 spiro atoms. The zero-order valence-electron chi connectivity index (χ0n) is 12.7. The van der Waals surface area contributed by atoms with Gasteiger partial charge in [0.25, 0.3) is 5.91 Å². The molecule has 0 heterocycles. The molecule has 0 unspecified atom stereocenters. The monoisotopic (exact) mass is 333 g/mol. The van der Waals surface area contributed by atoms with Crippen LogP contribution in [0.5, 0.6) is 5.75 Å². The number of rotatable bonds is 5. The van der Waals surface area contributed by atoms with Gasteiger partial charge in [-0.15, -0.1) is 0 Å². The number of benzene rings is 2. The standard InChI is InChI=1S/C17H16ClNO4/c1-11(16(20)19-14-7-4-6-13(18)10-14)23-17(21)12-5-3-8-15(9-12)22-2/h3-11H,1-2H3,(H,19,20)/t11-/m0/s1. The van der Waals surface area contributed by atoms with Crippen molar-refractivity contribution in [3.05, 3.63) is 59.1 Å². The molecule has 1 amide bonds. The van der Waals surface area contributed by atoms with E-state index >= 15 is 0 Å². The third-order valence-electron chi connectivity index (χ3n) is 3.05. The van der Waals surface area contributed by atoms with E-state index in [1.165, 1.54) is 14.0 Å². The summed E-state index contributed by atoms with van der Waals surface area (Å²) in [5.74, 6) is -0.503. The lowest BCUT2D eigenvalue weighted by molar-refractivity contribution is -0.123. The van der Waals surface area contributed by atoms with E-state index in [9.17, 15) is 9.59 Å². The number of amides is 1. The molecule has 6 heteroatoms. The predicted octanol–water partition coefficient (Wildman–Crippen LogP) is 3.53. The number of hydrogen-bond donors (Lipinski definition) is 1. The van der Waals surface area contributed by atoms with Gasteiger partial charge >= 0.3 is 5.97 Å². The molecule has 2 aromatic rings. The van der Waals surface area contributed by atoms with Crippen molar-refractivity contribution in [3.8, 4) is 5.75 Å². The van der Waals surface area contributed by atoms with E-state index in [4.69, 9.17) is 21.1 Å². The van der Waals surface area contributed by atoms with Crippen LogP contribution in [0.4, 0.5) is 5.69 Å². The molecule has 0 aromatic heterocycles. The van der Waals surface area contributed by atoms with E-state index < -0.39 is 18.0 Å². The summed E-state index contributed by atoms with van der Waals surface area (Å²) in [6.07, 6.45) is -0.951. The molecule has 5 nitrogen and oxygen atoms in total. The smallest absolute Gasteiger partial charge is 0.339 e. The van der Waals surface area contributed by atoms with E-state index in [-0.39, 0.29) is 0 Å². The maximum absolute atomic E-state index is 12.1. The second kappa shape index (κ2) is 7.65. The zero-order chi connectivity index (χ0) is 16.8. The second-order valence-corrected chi connectivity index (χ2v) is 5.22. The molecular weight excluding hydrogens is 318 g/mol. The van der Waals surface area contributed by atoms with Crippen molar-refractivity contribution in [1.29, 1.82) is 0 Å². The summed E-state index contributed by atoms with van der Waals surface area (Å²) in [6, 6.07) is 13.2. The minimum absolute atomic E-state index is 0.312. The summed E-state index contributed by atoms with van der Waals surface area (Å²) in [5, 5.41) is 3.14.